The third-order valence-corrected chi connectivity index (χ3v) is 1.20. The fourth-order valence-corrected chi connectivity index (χ4v) is 0.669. The molecule has 0 amide bonds. The second kappa shape index (κ2) is 7.88. The van der Waals surface area contributed by atoms with Crippen molar-refractivity contribution in [3.05, 3.63) is 0 Å². The van der Waals surface area contributed by atoms with Gasteiger partial charge >= 0.3 is 0 Å². The van der Waals surface area contributed by atoms with Crippen LogP contribution in [0.4, 0.5) is 8.78 Å². The molecule has 68 valence electrons. The number of rotatable bonds is 7. The highest BCUT2D eigenvalue weighted by Gasteiger charge is 2.00. The molecule has 0 spiro atoms. The lowest BCUT2D eigenvalue weighted by Crippen LogP contribution is -2.01. The maximum atomic E-state index is 11.5. The van der Waals surface area contributed by atoms with Crippen LogP contribution in [0, 0.1) is 0 Å². The summed E-state index contributed by atoms with van der Waals surface area (Å²) in [4.78, 5) is 0. The predicted octanol–water partition coefficient (Wildman–Crippen LogP) is 1.43. The molecular weight excluding hydrogens is 154 g/mol. The van der Waals surface area contributed by atoms with E-state index in [0.717, 1.165) is 0 Å². The number of hydrogen-bond donors (Lipinski definition) is 1. The molecule has 0 rings (SSSR count). The summed E-state index contributed by atoms with van der Waals surface area (Å²) >= 11 is 0. The molecule has 2 nitrogen and oxygen atoms in total. The summed E-state index contributed by atoms with van der Waals surface area (Å²) in [5.74, 6) is 0. The Morgan fingerprint density at radius 2 is 1.91 bits per heavy atom. The fourth-order valence-electron chi connectivity index (χ4n) is 0.669. The second-order valence-electron chi connectivity index (χ2n) is 2.22. The van der Waals surface area contributed by atoms with Gasteiger partial charge in [-0.2, -0.15) is 0 Å². The van der Waals surface area contributed by atoms with Gasteiger partial charge in [0, 0.05) is 13.0 Å². The minimum absolute atomic E-state index is 0.00511. The van der Waals surface area contributed by atoms with E-state index in [0.29, 0.717) is 26.1 Å². The van der Waals surface area contributed by atoms with E-state index in [1.165, 1.54) is 0 Å². The lowest BCUT2D eigenvalue weighted by atomic mass is 10.2. The molecule has 0 aliphatic rings. The van der Waals surface area contributed by atoms with Crippen LogP contribution in [0.2, 0.25) is 0 Å². The summed E-state index contributed by atoms with van der Waals surface area (Å²) in [6.07, 6.45) is -1.12. The summed E-state index contributed by atoms with van der Waals surface area (Å²) < 4.78 is 27.9. The molecule has 0 aromatic rings. The highest BCUT2D eigenvalue weighted by atomic mass is 19.3. The molecular formula is C7H14F2O2. The molecule has 0 radical (unpaired) electrons. The van der Waals surface area contributed by atoms with Crippen LogP contribution < -0.4 is 0 Å². The molecule has 0 saturated carbocycles. The van der Waals surface area contributed by atoms with E-state index < -0.39 is 6.43 Å². The first kappa shape index (κ1) is 10.8. The van der Waals surface area contributed by atoms with Crippen molar-refractivity contribution in [3.63, 3.8) is 0 Å². The SMILES string of the molecule is OCCOCCCCC(F)F. The molecule has 0 aromatic heterocycles. The van der Waals surface area contributed by atoms with Gasteiger partial charge in [0.25, 0.3) is 0 Å². The van der Waals surface area contributed by atoms with E-state index in [9.17, 15) is 8.78 Å². The van der Waals surface area contributed by atoms with Crippen LogP contribution in [-0.2, 0) is 4.74 Å². The van der Waals surface area contributed by atoms with E-state index in [1.807, 2.05) is 0 Å². The Balaban J connectivity index is 2.80. The van der Waals surface area contributed by atoms with Gasteiger partial charge in [0.1, 0.15) is 0 Å². The average Bonchev–Trinajstić information content (AvgIpc) is 1.96. The van der Waals surface area contributed by atoms with Gasteiger partial charge in [-0.05, 0) is 12.8 Å². The van der Waals surface area contributed by atoms with Crippen molar-refractivity contribution in [2.45, 2.75) is 25.7 Å². The first-order valence-electron chi connectivity index (χ1n) is 3.74. The monoisotopic (exact) mass is 168 g/mol. The number of aliphatic hydroxyl groups excluding tert-OH is 1. The molecule has 0 bridgehead atoms. The minimum Gasteiger partial charge on any atom is -0.394 e. The van der Waals surface area contributed by atoms with Gasteiger partial charge in [0.15, 0.2) is 0 Å². The molecule has 0 atom stereocenters. The van der Waals surface area contributed by atoms with Crippen LogP contribution in [0.3, 0.4) is 0 Å². The van der Waals surface area contributed by atoms with Crippen LogP contribution in [0.5, 0.6) is 0 Å². The summed E-state index contributed by atoms with van der Waals surface area (Å²) in [6.45, 7) is 0.761. The van der Waals surface area contributed by atoms with Gasteiger partial charge < -0.3 is 9.84 Å². The maximum absolute atomic E-state index is 11.5. The maximum Gasteiger partial charge on any atom is 0.238 e. The third kappa shape index (κ3) is 9.78. The van der Waals surface area contributed by atoms with Crippen LogP contribution >= 0.6 is 0 Å². The van der Waals surface area contributed by atoms with Crippen molar-refractivity contribution < 1.29 is 18.6 Å². The first-order chi connectivity index (χ1) is 5.27. The van der Waals surface area contributed by atoms with Gasteiger partial charge in [0.05, 0.1) is 13.2 Å². The lowest BCUT2D eigenvalue weighted by molar-refractivity contribution is 0.0834. The van der Waals surface area contributed by atoms with E-state index in [2.05, 4.69) is 0 Å². The molecule has 1 N–H and O–H groups in total. The molecule has 4 heteroatoms. The topological polar surface area (TPSA) is 29.5 Å². The van der Waals surface area contributed by atoms with Gasteiger partial charge in [-0.15, -0.1) is 0 Å². The van der Waals surface area contributed by atoms with E-state index in [4.69, 9.17) is 9.84 Å². The van der Waals surface area contributed by atoms with Gasteiger partial charge in [-0.1, -0.05) is 0 Å². The average molecular weight is 168 g/mol. The molecule has 11 heavy (non-hydrogen) atoms. The van der Waals surface area contributed by atoms with Crippen molar-refractivity contribution >= 4 is 0 Å². The van der Waals surface area contributed by atoms with Crippen molar-refractivity contribution in [1.29, 1.82) is 0 Å². The zero-order valence-corrected chi connectivity index (χ0v) is 6.43. The standard InChI is InChI=1S/C7H14F2O2/c8-7(9)3-1-2-5-11-6-4-10/h7,10H,1-6H2. The molecule has 0 aliphatic heterocycles. The van der Waals surface area contributed by atoms with Crippen LogP contribution in [0.15, 0.2) is 0 Å². The molecule has 0 heterocycles. The van der Waals surface area contributed by atoms with Crippen molar-refractivity contribution in [1.82, 2.24) is 0 Å². The number of hydrogen-bond acceptors (Lipinski definition) is 2. The lowest BCUT2D eigenvalue weighted by Gasteiger charge is -2.01. The van der Waals surface area contributed by atoms with Crippen molar-refractivity contribution in [2.24, 2.45) is 0 Å². The number of halogens is 2. The summed E-state index contributed by atoms with van der Waals surface area (Å²) in [7, 11) is 0. The zero-order chi connectivity index (χ0) is 8.53. The van der Waals surface area contributed by atoms with Gasteiger partial charge in [-0.3, -0.25) is 0 Å². The van der Waals surface area contributed by atoms with E-state index in [-0.39, 0.29) is 13.0 Å². The minimum atomic E-state index is -2.20. The molecule has 0 aromatic carbocycles. The molecule has 0 fully saturated rings. The quantitative estimate of drug-likeness (QED) is 0.583. The first-order valence-corrected chi connectivity index (χ1v) is 3.74. The molecule has 0 unspecified atom stereocenters. The third-order valence-electron chi connectivity index (χ3n) is 1.20. The van der Waals surface area contributed by atoms with E-state index >= 15 is 0 Å². The highest BCUT2D eigenvalue weighted by Crippen LogP contribution is 2.04. The number of ether oxygens (including phenoxy) is 1. The number of unbranched alkanes of at least 4 members (excludes halogenated alkanes) is 1. The van der Waals surface area contributed by atoms with Crippen molar-refractivity contribution in [3.8, 4) is 0 Å². The van der Waals surface area contributed by atoms with Crippen LogP contribution in [0.25, 0.3) is 0 Å². The van der Waals surface area contributed by atoms with Gasteiger partial charge in [-0.25, -0.2) is 8.78 Å². The number of alkyl halides is 2. The van der Waals surface area contributed by atoms with E-state index in [1.54, 1.807) is 0 Å². The summed E-state index contributed by atoms with van der Waals surface area (Å²) in [6, 6.07) is 0. The Labute approximate surface area is 65.2 Å². The predicted molar refractivity (Wildman–Crippen MR) is 37.8 cm³/mol. The summed E-state index contributed by atoms with van der Waals surface area (Å²) in [5, 5.41) is 8.27. The zero-order valence-electron chi connectivity index (χ0n) is 6.43. The Bertz CT molecular complexity index is 78.8. The largest absolute Gasteiger partial charge is 0.394 e. The van der Waals surface area contributed by atoms with Gasteiger partial charge in [0.2, 0.25) is 6.43 Å². The Morgan fingerprint density at radius 3 is 2.45 bits per heavy atom. The fraction of sp³-hybridized carbons (Fsp3) is 1.00. The van der Waals surface area contributed by atoms with Crippen molar-refractivity contribution in [2.75, 3.05) is 19.8 Å². The Morgan fingerprint density at radius 1 is 1.18 bits per heavy atom. The summed E-state index contributed by atoms with van der Waals surface area (Å²) in [5.41, 5.74) is 0. The smallest absolute Gasteiger partial charge is 0.238 e. The van der Waals surface area contributed by atoms with Crippen LogP contribution in [0.1, 0.15) is 19.3 Å². The number of aliphatic hydroxyl groups is 1. The Kier molecular flexibility index (Phi) is 7.72. The molecule has 0 saturated heterocycles. The normalized spacial score (nSPS) is 10.9. The van der Waals surface area contributed by atoms with Crippen LogP contribution in [-0.4, -0.2) is 31.4 Å². The second-order valence-corrected chi connectivity index (χ2v) is 2.22. The Hall–Kier alpha value is -0.220. The highest BCUT2D eigenvalue weighted by molar-refractivity contribution is 4.42. The molecule has 0 aliphatic carbocycles.